The minimum atomic E-state index is -4.17. The highest BCUT2D eigenvalue weighted by Crippen LogP contribution is 2.17. The maximum Gasteiger partial charge on any atom is 0.289 e. The van der Waals surface area contributed by atoms with Crippen molar-refractivity contribution in [2.45, 2.75) is 11.8 Å². The second-order valence-corrected chi connectivity index (χ2v) is 4.92. The van der Waals surface area contributed by atoms with E-state index in [1.165, 1.54) is 24.3 Å². The van der Waals surface area contributed by atoms with Crippen LogP contribution in [0.4, 0.5) is 0 Å². The zero-order chi connectivity index (χ0) is 11.6. The fourth-order valence-corrected chi connectivity index (χ4v) is 2.02. The summed E-state index contributed by atoms with van der Waals surface area (Å²) in [5, 5.41) is 9.40. The van der Waals surface area contributed by atoms with E-state index in [0.29, 0.717) is 5.02 Å². The molecular weight excluding hydrogens is 242 g/mol. The number of sulfonamides is 1. The molecule has 0 radical (unpaired) electrons. The molecule has 82 valence electrons. The quantitative estimate of drug-likeness (QED) is 0.633. The van der Waals surface area contributed by atoms with Crippen molar-refractivity contribution in [3.05, 3.63) is 29.3 Å². The number of nitrogens with zero attached hydrogens (tertiary/aromatic N) is 1. The predicted molar refractivity (Wildman–Crippen MR) is 52.9 cm³/mol. The summed E-state index contributed by atoms with van der Waals surface area (Å²) >= 11 is 5.57. The van der Waals surface area contributed by atoms with E-state index in [1.54, 1.807) is 0 Å². The topological polar surface area (TPSA) is 74.7 Å². The highest BCUT2D eigenvalue weighted by Gasteiger charge is 2.24. The highest BCUT2D eigenvalue weighted by atomic mass is 35.5. The number of carbonyl (C=O) groups excluding carboxylic acids is 1. The molecule has 15 heavy (non-hydrogen) atoms. The number of benzene rings is 1. The number of carbonyl (C=O) groups is 1. The zero-order valence-corrected chi connectivity index (χ0v) is 9.29. The van der Waals surface area contributed by atoms with Crippen LogP contribution in [0.1, 0.15) is 6.92 Å². The van der Waals surface area contributed by atoms with E-state index in [1.807, 2.05) is 0 Å². The SMILES string of the molecule is CC(=O)N(O)S(=O)(=O)c1ccc(Cl)cc1. The number of amides is 1. The molecular formula is C8H8ClNO4S. The van der Waals surface area contributed by atoms with Gasteiger partial charge in [-0.25, -0.2) is 0 Å². The Morgan fingerprint density at radius 1 is 1.33 bits per heavy atom. The van der Waals surface area contributed by atoms with Gasteiger partial charge in [-0.15, -0.1) is 4.47 Å². The summed E-state index contributed by atoms with van der Waals surface area (Å²) in [7, 11) is -4.17. The Hall–Kier alpha value is -1.11. The molecule has 0 atom stereocenters. The van der Waals surface area contributed by atoms with Crippen LogP contribution in [0.2, 0.25) is 5.02 Å². The summed E-state index contributed by atoms with van der Waals surface area (Å²) in [6, 6.07) is 5.10. The van der Waals surface area contributed by atoms with Crippen LogP contribution >= 0.6 is 11.6 Å². The van der Waals surface area contributed by atoms with E-state index in [0.717, 1.165) is 6.92 Å². The Morgan fingerprint density at radius 3 is 2.20 bits per heavy atom. The molecule has 1 aromatic carbocycles. The van der Waals surface area contributed by atoms with Crippen molar-refractivity contribution >= 4 is 27.5 Å². The molecule has 0 saturated carbocycles. The van der Waals surface area contributed by atoms with E-state index >= 15 is 0 Å². The van der Waals surface area contributed by atoms with Gasteiger partial charge in [0.15, 0.2) is 0 Å². The number of rotatable bonds is 2. The van der Waals surface area contributed by atoms with E-state index in [9.17, 15) is 13.2 Å². The summed E-state index contributed by atoms with van der Waals surface area (Å²) in [5.41, 5.74) is 0. The fraction of sp³-hybridized carbons (Fsp3) is 0.125. The first-order chi connectivity index (χ1) is 6.85. The average Bonchev–Trinajstić information content (AvgIpc) is 2.17. The molecule has 0 fully saturated rings. The average molecular weight is 250 g/mol. The van der Waals surface area contributed by atoms with Gasteiger partial charge in [0, 0.05) is 11.9 Å². The summed E-state index contributed by atoms with van der Waals surface area (Å²) in [6.45, 7) is 0.938. The normalized spacial score (nSPS) is 11.1. The number of halogens is 1. The minimum Gasteiger partial charge on any atom is -0.272 e. The molecule has 7 heteroatoms. The third-order valence-corrected chi connectivity index (χ3v) is 3.44. The lowest BCUT2D eigenvalue weighted by Gasteiger charge is -2.12. The molecule has 0 unspecified atom stereocenters. The predicted octanol–water partition coefficient (Wildman–Crippen LogP) is 1.27. The second-order valence-electron chi connectivity index (χ2n) is 2.72. The third-order valence-electron chi connectivity index (χ3n) is 1.61. The van der Waals surface area contributed by atoms with Gasteiger partial charge in [-0.3, -0.25) is 10.0 Å². The molecule has 5 nitrogen and oxygen atoms in total. The van der Waals surface area contributed by atoms with Gasteiger partial charge >= 0.3 is 0 Å². The number of hydroxylamine groups is 1. The first-order valence-corrected chi connectivity index (χ1v) is 5.68. The van der Waals surface area contributed by atoms with Gasteiger partial charge in [-0.05, 0) is 24.3 Å². The van der Waals surface area contributed by atoms with Gasteiger partial charge in [0.1, 0.15) is 0 Å². The van der Waals surface area contributed by atoms with Gasteiger partial charge in [-0.1, -0.05) is 11.6 Å². The zero-order valence-electron chi connectivity index (χ0n) is 7.71. The highest BCUT2D eigenvalue weighted by molar-refractivity contribution is 7.89. The van der Waals surface area contributed by atoms with Crippen LogP contribution in [-0.2, 0) is 14.8 Å². The molecule has 0 spiro atoms. The van der Waals surface area contributed by atoms with Crippen LogP contribution < -0.4 is 0 Å². The molecule has 0 bridgehead atoms. The maximum absolute atomic E-state index is 11.5. The van der Waals surface area contributed by atoms with Crippen molar-refractivity contribution in [1.29, 1.82) is 0 Å². The van der Waals surface area contributed by atoms with Crippen LogP contribution in [0.3, 0.4) is 0 Å². The first-order valence-electron chi connectivity index (χ1n) is 3.86. The fourth-order valence-electron chi connectivity index (χ4n) is 0.876. The van der Waals surface area contributed by atoms with Crippen molar-refractivity contribution in [2.24, 2.45) is 0 Å². The molecule has 0 aliphatic rings. The van der Waals surface area contributed by atoms with Crippen molar-refractivity contribution in [3.8, 4) is 0 Å². The van der Waals surface area contributed by atoms with E-state index in [2.05, 4.69) is 0 Å². The molecule has 1 rings (SSSR count). The Labute approximate surface area is 91.9 Å². The van der Waals surface area contributed by atoms with E-state index in [4.69, 9.17) is 16.8 Å². The Balaban J connectivity index is 3.17. The van der Waals surface area contributed by atoms with Crippen molar-refractivity contribution < 1.29 is 18.4 Å². The van der Waals surface area contributed by atoms with E-state index in [-0.39, 0.29) is 9.36 Å². The van der Waals surface area contributed by atoms with Crippen molar-refractivity contribution in [3.63, 3.8) is 0 Å². The van der Waals surface area contributed by atoms with Crippen LogP contribution in [0.15, 0.2) is 29.2 Å². The van der Waals surface area contributed by atoms with Gasteiger partial charge in [-0.2, -0.15) is 8.42 Å². The van der Waals surface area contributed by atoms with Crippen LogP contribution in [0, 0.1) is 0 Å². The Bertz CT molecular complexity index is 468. The molecule has 0 aliphatic carbocycles. The summed E-state index contributed by atoms with van der Waals surface area (Å²) in [6.07, 6.45) is 0. The molecule has 1 aromatic rings. The lowest BCUT2D eigenvalue weighted by molar-refractivity contribution is -0.143. The van der Waals surface area contributed by atoms with Gasteiger partial charge < -0.3 is 0 Å². The third kappa shape index (κ3) is 2.47. The number of hydrogen-bond acceptors (Lipinski definition) is 4. The molecule has 1 amide bonds. The summed E-state index contributed by atoms with van der Waals surface area (Å²) < 4.78 is 22.7. The lowest BCUT2D eigenvalue weighted by Crippen LogP contribution is -2.31. The smallest absolute Gasteiger partial charge is 0.272 e. The molecule has 0 saturated heterocycles. The first kappa shape index (κ1) is 12.0. The monoisotopic (exact) mass is 249 g/mol. The molecule has 0 aromatic heterocycles. The Morgan fingerprint density at radius 2 is 1.80 bits per heavy atom. The van der Waals surface area contributed by atoms with Gasteiger partial charge in [0.25, 0.3) is 15.9 Å². The lowest BCUT2D eigenvalue weighted by atomic mass is 10.4. The Kier molecular flexibility index (Phi) is 3.33. The maximum atomic E-state index is 11.5. The second kappa shape index (κ2) is 4.18. The summed E-state index contributed by atoms with van der Waals surface area (Å²) in [5.74, 6) is -0.982. The van der Waals surface area contributed by atoms with Crippen molar-refractivity contribution in [1.82, 2.24) is 4.47 Å². The molecule has 0 heterocycles. The van der Waals surface area contributed by atoms with Gasteiger partial charge in [0.2, 0.25) is 0 Å². The van der Waals surface area contributed by atoms with Crippen LogP contribution in [0.5, 0.6) is 0 Å². The molecule has 0 aliphatic heterocycles. The summed E-state index contributed by atoms with van der Waals surface area (Å²) in [4.78, 5) is 10.5. The molecule has 1 N–H and O–H groups in total. The van der Waals surface area contributed by atoms with E-state index < -0.39 is 15.9 Å². The number of hydrogen-bond donors (Lipinski definition) is 1. The van der Waals surface area contributed by atoms with Crippen LogP contribution in [0.25, 0.3) is 0 Å². The van der Waals surface area contributed by atoms with Crippen molar-refractivity contribution in [2.75, 3.05) is 0 Å². The van der Waals surface area contributed by atoms with Crippen LogP contribution in [-0.4, -0.2) is 24.0 Å². The standard InChI is InChI=1S/C8H8ClNO4S/c1-6(11)10(12)15(13,14)8-4-2-7(9)3-5-8/h2-5,12H,1H3. The minimum absolute atomic E-state index is 0.204. The van der Waals surface area contributed by atoms with Gasteiger partial charge in [0.05, 0.1) is 4.90 Å². The largest absolute Gasteiger partial charge is 0.289 e.